The molecule has 1 unspecified atom stereocenters. The van der Waals surface area contributed by atoms with Gasteiger partial charge in [0.2, 0.25) is 0 Å². The van der Waals surface area contributed by atoms with Crippen molar-refractivity contribution in [2.45, 2.75) is 19.9 Å². The first-order chi connectivity index (χ1) is 9.41. The molecule has 0 aliphatic rings. The molecule has 0 fully saturated rings. The summed E-state index contributed by atoms with van der Waals surface area (Å²) in [5.41, 5.74) is 2.10. The van der Waals surface area contributed by atoms with Gasteiger partial charge in [-0.1, -0.05) is 46.9 Å². The zero-order valence-electron chi connectivity index (χ0n) is 11.0. The number of nitrogens with one attached hydrogen (secondary N) is 1. The minimum atomic E-state index is -0.248. The number of benzene rings is 2. The Labute approximate surface area is 132 Å². The van der Waals surface area contributed by atoms with E-state index in [0.717, 1.165) is 11.3 Å². The van der Waals surface area contributed by atoms with Crippen molar-refractivity contribution >= 4 is 40.5 Å². The van der Waals surface area contributed by atoms with E-state index >= 15 is 0 Å². The first-order valence-corrected chi connectivity index (χ1v) is 7.20. The fourth-order valence-corrected chi connectivity index (χ4v) is 2.66. The first-order valence-electron chi connectivity index (χ1n) is 6.07. The SMILES string of the molecule is Cc1c(F)cccc1NC(C)c1ccc(Cl)c(Cl)c1Cl. The topological polar surface area (TPSA) is 12.0 Å². The van der Waals surface area contributed by atoms with Crippen molar-refractivity contribution in [3.63, 3.8) is 0 Å². The van der Waals surface area contributed by atoms with Crippen LogP contribution in [0.5, 0.6) is 0 Å². The van der Waals surface area contributed by atoms with Crippen molar-refractivity contribution in [1.29, 1.82) is 0 Å². The summed E-state index contributed by atoms with van der Waals surface area (Å²) in [5.74, 6) is -0.248. The van der Waals surface area contributed by atoms with Gasteiger partial charge >= 0.3 is 0 Å². The number of hydrogen-bond acceptors (Lipinski definition) is 1. The molecule has 2 rings (SSSR count). The maximum Gasteiger partial charge on any atom is 0.128 e. The van der Waals surface area contributed by atoms with Crippen LogP contribution in [0.3, 0.4) is 0 Å². The van der Waals surface area contributed by atoms with E-state index in [-0.39, 0.29) is 11.9 Å². The van der Waals surface area contributed by atoms with Crippen LogP contribution in [0, 0.1) is 12.7 Å². The molecule has 0 bridgehead atoms. The Hall–Kier alpha value is -0.960. The molecule has 1 nitrogen and oxygen atoms in total. The summed E-state index contributed by atoms with van der Waals surface area (Å²) in [7, 11) is 0. The van der Waals surface area contributed by atoms with E-state index in [0.29, 0.717) is 20.6 Å². The Bertz CT molecular complexity index is 643. The van der Waals surface area contributed by atoms with E-state index in [1.807, 2.05) is 19.1 Å². The van der Waals surface area contributed by atoms with Crippen LogP contribution in [-0.2, 0) is 0 Å². The molecule has 0 radical (unpaired) electrons. The highest BCUT2D eigenvalue weighted by Gasteiger charge is 2.15. The lowest BCUT2D eigenvalue weighted by Crippen LogP contribution is -2.09. The second-order valence-electron chi connectivity index (χ2n) is 4.54. The fraction of sp³-hybridized carbons (Fsp3) is 0.200. The molecule has 0 saturated carbocycles. The third kappa shape index (κ3) is 3.03. The molecule has 0 aliphatic carbocycles. The molecule has 2 aromatic rings. The van der Waals surface area contributed by atoms with Crippen molar-refractivity contribution in [2.75, 3.05) is 5.32 Å². The third-order valence-corrected chi connectivity index (χ3v) is 4.48. The van der Waals surface area contributed by atoms with Gasteiger partial charge < -0.3 is 5.32 Å². The maximum atomic E-state index is 13.5. The fourth-order valence-electron chi connectivity index (χ4n) is 1.95. The van der Waals surface area contributed by atoms with Crippen molar-refractivity contribution < 1.29 is 4.39 Å². The molecule has 1 atom stereocenters. The van der Waals surface area contributed by atoms with Crippen LogP contribution in [-0.4, -0.2) is 0 Å². The molecule has 0 spiro atoms. The largest absolute Gasteiger partial charge is 0.378 e. The summed E-state index contributed by atoms with van der Waals surface area (Å²) in [6.07, 6.45) is 0. The molecular formula is C15H13Cl3FN. The number of hydrogen-bond donors (Lipinski definition) is 1. The van der Waals surface area contributed by atoms with Gasteiger partial charge in [0.25, 0.3) is 0 Å². The Kier molecular flexibility index (Phi) is 4.79. The summed E-state index contributed by atoms with van der Waals surface area (Å²) in [6.45, 7) is 3.65. The monoisotopic (exact) mass is 331 g/mol. The van der Waals surface area contributed by atoms with Gasteiger partial charge in [-0.25, -0.2) is 4.39 Å². The molecule has 2 aromatic carbocycles. The average molecular weight is 333 g/mol. The van der Waals surface area contributed by atoms with Gasteiger partial charge in [-0.05, 0) is 37.6 Å². The molecule has 0 aromatic heterocycles. The van der Waals surface area contributed by atoms with Crippen LogP contribution in [0.25, 0.3) is 0 Å². The molecule has 0 saturated heterocycles. The van der Waals surface area contributed by atoms with E-state index < -0.39 is 0 Å². The lowest BCUT2D eigenvalue weighted by Gasteiger charge is -2.19. The Morgan fingerprint density at radius 2 is 1.75 bits per heavy atom. The molecule has 0 aliphatic heterocycles. The molecule has 5 heteroatoms. The smallest absolute Gasteiger partial charge is 0.128 e. The van der Waals surface area contributed by atoms with Gasteiger partial charge in [0.05, 0.1) is 21.1 Å². The van der Waals surface area contributed by atoms with Gasteiger partial charge in [0, 0.05) is 11.3 Å². The molecule has 0 amide bonds. The zero-order valence-corrected chi connectivity index (χ0v) is 13.2. The zero-order chi connectivity index (χ0) is 14.9. The van der Waals surface area contributed by atoms with E-state index in [9.17, 15) is 4.39 Å². The molecule has 20 heavy (non-hydrogen) atoms. The van der Waals surface area contributed by atoms with Gasteiger partial charge in [-0.15, -0.1) is 0 Å². The van der Waals surface area contributed by atoms with Gasteiger partial charge in [-0.3, -0.25) is 0 Å². The Morgan fingerprint density at radius 3 is 2.45 bits per heavy atom. The Morgan fingerprint density at radius 1 is 1.05 bits per heavy atom. The van der Waals surface area contributed by atoms with Crippen molar-refractivity contribution in [1.82, 2.24) is 0 Å². The second-order valence-corrected chi connectivity index (χ2v) is 5.71. The van der Waals surface area contributed by atoms with Gasteiger partial charge in [0.1, 0.15) is 5.82 Å². The van der Waals surface area contributed by atoms with Crippen LogP contribution in [0.15, 0.2) is 30.3 Å². The second kappa shape index (κ2) is 6.21. The van der Waals surface area contributed by atoms with Crippen LogP contribution in [0.1, 0.15) is 24.1 Å². The molecular weight excluding hydrogens is 320 g/mol. The van der Waals surface area contributed by atoms with Crippen LogP contribution in [0.4, 0.5) is 10.1 Å². The number of rotatable bonds is 3. The highest BCUT2D eigenvalue weighted by atomic mass is 35.5. The standard InChI is InChI=1S/C15H13Cl3FN/c1-8-12(19)4-3-5-13(8)20-9(2)10-6-7-11(16)15(18)14(10)17/h3-7,9,20H,1-2H3. The lowest BCUT2D eigenvalue weighted by molar-refractivity contribution is 0.618. The van der Waals surface area contributed by atoms with Crippen LogP contribution < -0.4 is 5.32 Å². The molecule has 106 valence electrons. The summed E-state index contributed by atoms with van der Waals surface area (Å²) < 4.78 is 13.5. The summed E-state index contributed by atoms with van der Waals surface area (Å²) in [4.78, 5) is 0. The van der Waals surface area contributed by atoms with Gasteiger partial charge in [0.15, 0.2) is 0 Å². The van der Waals surface area contributed by atoms with E-state index in [1.165, 1.54) is 6.07 Å². The third-order valence-electron chi connectivity index (χ3n) is 3.17. The highest BCUT2D eigenvalue weighted by Crippen LogP contribution is 2.36. The minimum absolute atomic E-state index is 0.127. The first kappa shape index (κ1) is 15.4. The average Bonchev–Trinajstić information content (AvgIpc) is 2.41. The van der Waals surface area contributed by atoms with Crippen molar-refractivity contribution in [3.05, 3.63) is 62.3 Å². The maximum absolute atomic E-state index is 13.5. The van der Waals surface area contributed by atoms with E-state index in [2.05, 4.69) is 5.32 Å². The normalized spacial score (nSPS) is 12.3. The quantitative estimate of drug-likeness (QED) is 0.653. The minimum Gasteiger partial charge on any atom is -0.378 e. The van der Waals surface area contributed by atoms with Crippen molar-refractivity contribution in [3.8, 4) is 0 Å². The molecule has 1 N–H and O–H groups in total. The number of anilines is 1. The Balaban J connectivity index is 2.31. The van der Waals surface area contributed by atoms with Crippen molar-refractivity contribution in [2.24, 2.45) is 0 Å². The number of halogens is 4. The lowest BCUT2D eigenvalue weighted by atomic mass is 10.1. The van der Waals surface area contributed by atoms with E-state index in [4.69, 9.17) is 34.8 Å². The summed E-state index contributed by atoms with van der Waals surface area (Å²) >= 11 is 18.1. The van der Waals surface area contributed by atoms with Crippen LogP contribution in [0.2, 0.25) is 15.1 Å². The highest BCUT2D eigenvalue weighted by molar-refractivity contribution is 6.48. The van der Waals surface area contributed by atoms with E-state index in [1.54, 1.807) is 19.1 Å². The summed E-state index contributed by atoms with van der Waals surface area (Å²) in [5, 5.41) is 4.38. The predicted molar refractivity (Wildman–Crippen MR) is 84.6 cm³/mol. The van der Waals surface area contributed by atoms with Gasteiger partial charge in [-0.2, -0.15) is 0 Å². The summed E-state index contributed by atoms with van der Waals surface area (Å²) in [6, 6.07) is 8.29. The predicted octanol–water partition coefficient (Wildman–Crippen LogP) is 6.27. The molecule has 0 heterocycles. The van der Waals surface area contributed by atoms with Crippen LogP contribution >= 0.6 is 34.8 Å².